The number of nitro groups is 1. The molecular weight excluding hydrogens is 354 g/mol. The van der Waals surface area contributed by atoms with Crippen LogP contribution < -0.4 is 5.32 Å². The molecule has 7 nitrogen and oxygen atoms in total. The van der Waals surface area contributed by atoms with Crippen LogP contribution in [0.15, 0.2) is 79.1 Å². The molecule has 1 unspecified atom stereocenters. The number of nitrogens with zero attached hydrogens (tertiary/aromatic N) is 4. The van der Waals surface area contributed by atoms with E-state index in [1.165, 1.54) is 6.07 Å². The van der Waals surface area contributed by atoms with Gasteiger partial charge in [0.2, 0.25) is 5.95 Å². The van der Waals surface area contributed by atoms with Gasteiger partial charge in [0.25, 0.3) is 5.69 Å². The largest absolute Gasteiger partial charge is 0.324 e. The van der Waals surface area contributed by atoms with Gasteiger partial charge in [0.15, 0.2) is 0 Å². The molecule has 0 amide bonds. The number of benzene rings is 3. The van der Waals surface area contributed by atoms with Crippen LogP contribution in [-0.4, -0.2) is 19.7 Å². The first kappa shape index (κ1) is 16.2. The van der Waals surface area contributed by atoms with Crippen LogP contribution in [0.3, 0.4) is 0 Å². The van der Waals surface area contributed by atoms with E-state index in [0.29, 0.717) is 5.95 Å². The zero-order chi connectivity index (χ0) is 19.1. The number of rotatable bonds is 3. The predicted molar refractivity (Wildman–Crippen MR) is 107 cm³/mol. The lowest BCUT2D eigenvalue weighted by atomic mass is 9.97. The molecule has 2 heterocycles. The highest BCUT2D eigenvalue weighted by atomic mass is 16.6. The fraction of sp³-hybridized carbons (Fsp3) is 0.0476. The van der Waals surface area contributed by atoms with E-state index in [2.05, 4.69) is 45.9 Å². The maximum Gasteiger partial charge on any atom is 0.269 e. The summed E-state index contributed by atoms with van der Waals surface area (Å²) in [6, 6.07) is 20.7. The number of nitro benzene ring substituents is 1. The van der Waals surface area contributed by atoms with Crippen molar-refractivity contribution in [3.63, 3.8) is 0 Å². The Bertz CT molecular complexity index is 1240. The number of aromatic nitrogens is 3. The SMILES string of the molecule is O=[N+]([O-])c1cccc(C2C=C(c3cccc4ccccc34)Nc3nncn32)c1. The Kier molecular flexibility index (Phi) is 3.65. The van der Waals surface area contributed by atoms with E-state index in [4.69, 9.17) is 0 Å². The third-order valence-corrected chi connectivity index (χ3v) is 4.95. The molecule has 4 aromatic rings. The van der Waals surface area contributed by atoms with Gasteiger partial charge in [0, 0.05) is 23.4 Å². The number of hydrogen-bond acceptors (Lipinski definition) is 5. The van der Waals surface area contributed by atoms with E-state index >= 15 is 0 Å². The smallest absolute Gasteiger partial charge is 0.269 e. The minimum atomic E-state index is -0.382. The topological polar surface area (TPSA) is 85.9 Å². The molecule has 3 aromatic carbocycles. The van der Waals surface area contributed by atoms with Crippen molar-refractivity contribution in [2.24, 2.45) is 0 Å². The Morgan fingerprint density at radius 1 is 1.04 bits per heavy atom. The second-order valence-corrected chi connectivity index (χ2v) is 6.59. The number of anilines is 1. The molecule has 0 saturated heterocycles. The van der Waals surface area contributed by atoms with E-state index in [-0.39, 0.29) is 16.7 Å². The van der Waals surface area contributed by atoms with Crippen LogP contribution in [0.5, 0.6) is 0 Å². The van der Waals surface area contributed by atoms with Crippen LogP contribution >= 0.6 is 0 Å². The number of allylic oxidation sites excluding steroid dienone is 1. The first-order chi connectivity index (χ1) is 13.7. The van der Waals surface area contributed by atoms with Crippen LogP contribution in [0.2, 0.25) is 0 Å². The maximum atomic E-state index is 11.2. The summed E-state index contributed by atoms with van der Waals surface area (Å²) in [4.78, 5) is 10.8. The van der Waals surface area contributed by atoms with Crippen molar-refractivity contribution in [1.82, 2.24) is 14.8 Å². The summed E-state index contributed by atoms with van der Waals surface area (Å²) in [6.07, 6.45) is 3.68. The fourth-order valence-corrected chi connectivity index (χ4v) is 3.63. The van der Waals surface area contributed by atoms with E-state index < -0.39 is 0 Å². The molecule has 1 atom stereocenters. The van der Waals surface area contributed by atoms with Gasteiger partial charge in [-0.15, -0.1) is 10.2 Å². The Morgan fingerprint density at radius 3 is 2.75 bits per heavy atom. The third kappa shape index (κ3) is 2.61. The molecule has 136 valence electrons. The number of nitrogens with one attached hydrogen (secondary N) is 1. The summed E-state index contributed by atoms with van der Waals surface area (Å²) in [5.74, 6) is 0.599. The standard InChI is InChI=1S/C21H15N5O2/c27-26(28)16-8-3-7-15(11-16)20-12-19(23-21-24-22-13-25(20)21)18-10-4-6-14-5-1-2-9-17(14)18/h1-13,20H,(H,23,24). The van der Waals surface area contributed by atoms with E-state index in [1.807, 2.05) is 28.8 Å². The summed E-state index contributed by atoms with van der Waals surface area (Å²) in [7, 11) is 0. The van der Waals surface area contributed by atoms with E-state index in [9.17, 15) is 10.1 Å². The van der Waals surface area contributed by atoms with Crippen molar-refractivity contribution in [2.45, 2.75) is 6.04 Å². The van der Waals surface area contributed by atoms with Crippen LogP contribution in [0.4, 0.5) is 11.6 Å². The molecule has 5 rings (SSSR count). The highest BCUT2D eigenvalue weighted by Gasteiger charge is 2.24. The minimum absolute atomic E-state index is 0.0609. The van der Waals surface area contributed by atoms with E-state index in [0.717, 1.165) is 27.6 Å². The zero-order valence-corrected chi connectivity index (χ0v) is 14.7. The van der Waals surface area contributed by atoms with Crippen LogP contribution in [0.25, 0.3) is 16.5 Å². The molecule has 1 N–H and O–H groups in total. The van der Waals surface area contributed by atoms with Gasteiger partial charge in [-0.2, -0.15) is 0 Å². The highest BCUT2D eigenvalue weighted by molar-refractivity contribution is 5.96. The fourth-order valence-electron chi connectivity index (χ4n) is 3.63. The summed E-state index contributed by atoms with van der Waals surface area (Å²) >= 11 is 0. The number of non-ortho nitro benzene ring substituents is 1. The van der Waals surface area contributed by atoms with Crippen molar-refractivity contribution in [3.8, 4) is 0 Å². The maximum absolute atomic E-state index is 11.2. The Hall–Kier alpha value is -4.00. The van der Waals surface area contributed by atoms with Crippen LogP contribution in [0.1, 0.15) is 17.2 Å². The molecule has 7 heteroatoms. The Balaban J connectivity index is 1.68. The number of hydrogen-bond donors (Lipinski definition) is 1. The van der Waals surface area contributed by atoms with Gasteiger partial charge in [-0.3, -0.25) is 14.7 Å². The minimum Gasteiger partial charge on any atom is -0.324 e. The molecule has 0 saturated carbocycles. The lowest BCUT2D eigenvalue weighted by Gasteiger charge is -2.25. The average molecular weight is 369 g/mol. The molecular formula is C21H15N5O2. The highest BCUT2D eigenvalue weighted by Crippen LogP contribution is 2.35. The lowest BCUT2D eigenvalue weighted by Crippen LogP contribution is -2.18. The van der Waals surface area contributed by atoms with Gasteiger partial charge in [-0.1, -0.05) is 54.6 Å². The average Bonchev–Trinajstić information content (AvgIpc) is 3.21. The number of fused-ring (bicyclic) bond motifs is 2. The first-order valence-corrected chi connectivity index (χ1v) is 8.81. The third-order valence-electron chi connectivity index (χ3n) is 4.95. The summed E-state index contributed by atoms with van der Waals surface area (Å²) in [5.41, 5.74) is 2.80. The summed E-state index contributed by atoms with van der Waals surface area (Å²) in [6.45, 7) is 0. The van der Waals surface area contributed by atoms with Gasteiger partial charge in [-0.25, -0.2) is 0 Å². The molecule has 0 radical (unpaired) electrons. The lowest BCUT2D eigenvalue weighted by molar-refractivity contribution is -0.384. The van der Waals surface area contributed by atoms with Crippen molar-refractivity contribution in [2.75, 3.05) is 5.32 Å². The quantitative estimate of drug-likeness (QED) is 0.427. The van der Waals surface area contributed by atoms with Crippen LogP contribution in [0, 0.1) is 10.1 Å². The van der Waals surface area contributed by atoms with Gasteiger partial charge >= 0.3 is 0 Å². The zero-order valence-electron chi connectivity index (χ0n) is 14.7. The Morgan fingerprint density at radius 2 is 1.86 bits per heavy atom. The second-order valence-electron chi connectivity index (χ2n) is 6.59. The van der Waals surface area contributed by atoms with Crippen molar-refractivity contribution in [3.05, 3.63) is 100 Å². The van der Waals surface area contributed by atoms with E-state index in [1.54, 1.807) is 18.5 Å². The molecule has 28 heavy (non-hydrogen) atoms. The van der Waals surface area contributed by atoms with Crippen molar-refractivity contribution >= 4 is 28.1 Å². The molecule has 1 aliphatic rings. The predicted octanol–water partition coefficient (Wildman–Crippen LogP) is 4.40. The first-order valence-electron chi connectivity index (χ1n) is 8.81. The molecule has 1 aromatic heterocycles. The molecule has 1 aliphatic heterocycles. The molecule has 0 fully saturated rings. The second kappa shape index (κ2) is 6.31. The summed E-state index contributed by atoms with van der Waals surface area (Å²) in [5, 5.41) is 25.0. The molecule has 0 aliphatic carbocycles. The van der Waals surface area contributed by atoms with Gasteiger partial charge in [0.1, 0.15) is 6.33 Å². The van der Waals surface area contributed by atoms with Gasteiger partial charge in [0.05, 0.1) is 11.0 Å². The van der Waals surface area contributed by atoms with Crippen LogP contribution in [-0.2, 0) is 0 Å². The Labute approximate surface area is 160 Å². The molecule has 0 spiro atoms. The summed E-state index contributed by atoms with van der Waals surface area (Å²) < 4.78 is 1.87. The molecule has 0 bridgehead atoms. The monoisotopic (exact) mass is 369 g/mol. The van der Waals surface area contributed by atoms with Gasteiger partial charge in [-0.05, 0) is 22.4 Å². The van der Waals surface area contributed by atoms with Crippen molar-refractivity contribution < 1.29 is 4.92 Å². The normalized spacial score (nSPS) is 15.6. The van der Waals surface area contributed by atoms with Gasteiger partial charge < -0.3 is 5.32 Å². The van der Waals surface area contributed by atoms with Crippen molar-refractivity contribution in [1.29, 1.82) is 0 Å².